The Labute approximate surface area is 327 Å². The summed E-state index contributed by atoms with van der Waals surface area (Å²) < 4.78 is 28.3. The number of hydrogen-bond acceptors (Lipinski definition) is 7. The van der Waals surface area contributed by atoms with Crippen LogP contribution in [-0.4, -0.2) is 50.7 Å². The van der Waals surface area contributed by atoms with Crippen LogP contribution >= 0.6 is 11.6 Å². The first-order valence-electron chi connectivity index (χ1n) is 18.9. The lowest BCUT2D eigenvalue weighted by atomic mass is 9.68. The molecule has 3 aliphatic rings. The third-order valence-electron chi connectivity index (χ3n) is 11.1. The molecule has 1 aliphatic heterocycles. The molecule has 2 amide bonds. The van der Waals surface area contributed by atoms with Crippen molar-refractivity contribution in [3.8, 4) is 5.75 Å². The predicted molar refractivity (Wildman–Crippen MR) is 216 cm³/mol. The van der Waals surface area contributed by atoms with Gasteiger partial charge in [-0.05, 0) is 110 Å². The Morgan fingerprint density at radius 2 is 1.94 bits per heavy atom. The number of hydroxylamine groups is 1. The number of carbonyl (C=O) groups is 2. The first kappa shape index (κ1) is 39.7. The van der Waals surface area contributed by atoms with Crippen LogP contribution in [0.1, 0.15) is 79.1 Å². The number of amides is 2. The van der Waals surface area contributed by atoms with E-state index in [9.17, 15) is 9.59 Å². The minimum atomic E-state index is -1.29. The van der Waals surface area contributed by atoms with E-state index in [0.717, 1.165) is 67.2 Å². The number of fused-ring (bicyclic) bond motifs is 3. The molecule has 1 unspecified atom stereocenters. The van der Waals surface area contributed by atoms with Crippen molar-refractivity contribution in [3.05, 3.63) is 119 Å². The molecule has 9 nitrogen and oxygen atoms in total. The van der Waals surface area contributed by atoms with Gasteiger partial charge < -0.3 is 19.1 Å². The number of anilines is 1. The molecule has 6 rings (SSSR count). The average Bonchev–Trinajstić information content (AvgIpc) is 3.31. The summed E-state index contributed by atoms with van der Waals surface area (Å²) in [6, 6.07) is 21.2. The molecule has 1 fully saturated rings. The minimum Gasteiger partial charge on any atom is -0.490 e. The summed E-state index contributed by atoms with van der Waals surface area (Å²) in [7, 11) is 0.454. The lowest BCUT2D eigenvalue weighted by Crippen LogP contribution is -2.49. The Morgan fingerprint density at radius 3 is 2.67 bits per heavy atom. The van der Waals surface area contributed by atoms with Crippen LogP contribution in [0.4, 0.5) is 10.5 Å². The second kappa shape index (κ2) is 18.1. The predicted octanol–water partition coefficient (Wildman–Crippen LogP) is 9.53. The van der Waals surface area contributed by atoms with Gasteiger partial charge in [-0.15, -0.1) is 13.2 Å². The average molecular weight is 774 g/mol. The second-order valence-corrected chi connectivity index (χ2v) is 16.6. The molecule has 0 bridgehead atoms. The molecular weight excluding hydrogens is 722 g/mol. The molecule has 11 heteroatoms. The molecule has 1 heterocycles. The topological polar surface area (TPSA) is 98.7 Å². The largest absolute Gasteiger partial charge is 0.490 e. The number of carbonyl (C=O) groups excluding carboxylic acids is 2. The fourth-order valence-electron chi connectivity index (χ4n) is 8.12. The summed E-state index contributed by atoms with van der Waals surface area (Å²) in [4.78, 5) is 29.1. The molecule has 0 saturated heterocycles. The van der Waals surface area contributed by atoms with Gasteiger partial charge in [0.15, 0.2) is 0 Å². The minimum absolute atomic E-state index is 0.0153. The molecule has 2 aliphatic carbocycles. The Hall–Kier alpha value is -3.96. The van der Waals surface area contributed by atoms with Gasteiger partial charge in [-0.2, -0.15) is 14.1 Å². The van der Waals surface area contributed by atoms with Crippen molar-refractivity contribution >= 4 is 40.3 Å². The number of aryl methyl sites for hydroxylation is 1. The number of methoxy groups -OCH3 is 1. The van der Waals surface area contributed by atoms with E-state index >= 15 is 0 Å². The molecule has 1 saturated carbocycles. The quantitative estimate of drug-likeness (QED) is 0.129. The smallest absolute Gasteiger partial charge is 0.432 e. The van der Waals surface area contributed by atoms with Gasteiger partial charge in [0.05, 0.1) is 29.4 Å². The van der Waals surface area contributed by atoms with Gasteiger partial charge in [0.25, 0.3) is 5.91 Å². The Balaban J connectivity index is 1.27. The summed E-state index contributed by atoms with van der Waals surface area (Å²) >= 11 is 6.47. The second-order valence-electron chi connectivity index (χ2n) is 14.9. The number of ether oxygens (including phenoxy) is 3. The molecule has 3 aromatic carbocycles. The van der Waals surface area contributed by atoms with Gasteiger partial charge in [-0.3, -0.25) is 4.79 Å². The summed E-state index contributed by atoms with van der Waals surface area (Å²) in [5, 5.41) is 0.746. The van der Waals surface area contributed by atoms with Crippen LogP contribution < -0.4 is 15.1 Å². The molecule has 54 heavy (non-hydrogen) atoms. The zero-order chi connectivity index (χ0) is 38.2. The third kappa shape index (κ3) is 9.28. The molecule has 7 atom stereocenters. The van der Waals surface area contributed by atoms with Crippen LogP contribution in [0.3, 0.4) is 0 Å². The standard InChI is InChI=1S/C43H52ClN3O6S/c1-6-12-29(3)26-54(53-45-42(49)52-30(4)31-13-9-8-10-14-31)46-41(48)33-17-21-40-38(24-33)47(25-34-16-19-36(34)39(7-2)50-5)27-43(28-51-40)22-11-15-32-23-35(44)18-20-37(32)43/h6-10,13-14,17-18,20-21,23-24,29-30,34,36,39H,1-2,11-12,15-16,19,22,25-28H2,3-5H3,(H,45,49)/t29-,30-,34-,36+,39-,43-,54?/m0/s1. The number of allylic oxidation sites excluding steroid dienone is 1. The van der Waals surface area contributed by atoms with Crippen LogP contribution in [0, 0.1) is 17.8 Å². The fraction of sp³-hybridized carbons (Fsp3) is 0.442. The van der Waals surface area contributed by atoms with Crippen molar-refractivity contribution in [3.63, 3.8) is 0 Å². The number of hydrogen-bond donors (Lipinski definition) is 1. The highest BCUT2D eigenvalue weighted by atomic mass is 35.5. The number of halogens is 1. The van der Waals surface area contributed by atoms with Crippen molar-refractivity contribution in [2.45, 2.75) is 70.0 Å². The maximum Gasteiger partial charge on any atom is 0.432 e. The van der Waals surface area contributed by atoms with Crippen molar-refractivity contribution in [2.75, 3.05) is 37.5 Å². The zero-order valence-corrected chi connectivity index (χ0v) is 33.1. The number of rotatable bonds is 14. The van der Waals surface area contributed by atoms with Gasteiger partial charge in [-0.1, -0.05) is 67.1 Å². The van der Waals surface area contributed by atoms with E-state index in [0.29, 0.717) is 36.2 Å². The normalized spacial score (nSPS) is 22.6. The van der Waals surface area contributed by atoms with Gasteiger partial charge in [-0.25, -0.2) is 4.79 Å². The van der Waals surface area contributed by atoms with Crippen LogP contribution in [0.15, 0.2) is 96.4 Å². The highest BCUT2D eigenvalue weighted by molar-refractivity contribution is 7.82. The maximum atomic E-state index is 14.0. The number of benzene rings is 3. The molecule has 1 N–H and O–H groups in total. The molecule has 3 aromatic rings. The van der Waals surface area contributed by atoms with Crippen LogP contribution in [0.5, 0.6) is 5.75 Å². The van der Waals surface area contributed by atoms with E-state index in [1.54, 1.807) is 20.1 Å². The Bertz CT molecular complexity index is 1860. The van der Waals surface area contributed by atoms with Crippen LogP contribution in [0.2, 0.25) is 5.02 Å². The number of nitrogens with one attached hydrogen (secondary N) is 1. The van der Waals surface area contributed by atoms with E-state index in [1.165, 1.54) is 11.1 Å². The van der Waals surface area contributed by atoms with Crippen molar-refractivity contribution < 1.29 is 28.1 Å². The third-order valence-corrected chi connectivity index (χ3v) is 12.8. The molecule has 0 aromatic heterocycles. The molecule has 1 spiro atoms. The van der Waals surface area contributed by atoms with Crippen LogP contribution in [0.25, 0.3) is 0 Å². The summed E-state index contributed by atoms with van der Waals surface area (Å²) in [6.07, 6.45) is 8.33. The zero-order valence-electron chi connectivity index (χ0n) is 31.5. The van der Waals surface area contributed by atoms with Crippen molar-refractivity contribution in [2.24, 2.45) is 22.1 Å². The highest BCUT2D eigenvalue weighted by Gasteiger charge is 2.44. The lowest BCUT2D eigenvalue weighted by Gasteiger charge is -2.46. The van der Waals surface area contributed by atoms with Gasteiger partial charge in [0.1, 0.15) is 11.9 Å². The first-order valence-corrected chi connectivity index (χ1v) is 20.5. The van der Waals surface area contributed by atoms with Gasteiger partial charge in [0.2, 0.25) is 0 Å². The summed E-state index contributed by atoms with van der Waals surface area (Å²) in [5.74, 6) is 1.55. The Morgan fingerprint density at radius 1 is 1.13 bits per heavy atom. The van der Waals surface area contributed by atoms with E-state index < -0.39 is 29.1 Å². The molecule has 288 valence electrons. The number of nitrogens with zero attached hydrogens (tertiary/aromatic N) is 2. The Kier molecular flexibility index (Phi) is 13.3. The van der Waals surface area contributed by atoms with Crippen molar-refractivity contribution in [1.82, 2.24) is 5.48 Å². The van der Waals surface area contributed by atoms with Crippen LogP contribution in [-0.2, 0) is 36.6 Å². The SMILES string of the molecule is C=CC[C@H](C)CS(=NC(=O)c1ccc2c(c1)N(C[C@@H]1CC[C@H]1[C@H](C=C)OC)C[C@@]1(CCCc3cc(Cl)ccc31)CO2)ONC(=O)O[C@@H](C)c1ccccc1. The maximum absolute atomic E-state index is 14.0. The fourth-order valence-corrected chi connectivity index (χ4v) is 9.57. The highest BCUT2D eigenvalue weighted by Crippen LogP contribution is 2.47. The van der Waals surface area contributed by atoms with E-state index in [4.69, 9.17) is 30.1 Å². The van der Waals surface area contributed by atoms with E-state index in [1.807, 2.05) is 67.6 Å². The summed E-state index contributed by atoms with van der Waals surface area (Å²) in [6.45, 7) is 13.7. The van der Waals surface area contributed by atoms with Gasteiger partial charge >= 0.3 is 6.09 Å². The summed E-state index contributed by atoms with van der Waals surface area (Å²) in [5.41, 5.74) is 6.82. The van der Waals surface area contributed by atoms with E-state index in [-0.39, 0.29) is 17.4 Å². The molecule has 0 radical (unpaired) electrons. The van der Waals surface area contributed by atoms with Crippen molar-refractivity contribution in [1.29, 1.82) is 0 Å². The molecular formula is C43H52ClN3O6S. The van der Waals surface area contributed by atoms with E-state index in [2.05, 4.69) is 40.0 Å². The first-order chi connectivity index (χ1) is 26.1. The monoisotopic (exact) mass is 773 g/mol. The van der Waals surface area contributed by atoms with Gasteiger partial charge in [0, 0.05) is 42.0 Å². The lowest BCUT2D eigenvalue weighted by molar-refractivity contribution is 0.0135.